The van der Waals surface area contributed by atoms with Crippen LogP contribution in [-0.2, 0) is 19.6 Å². The van der Waals surface area contributed by atoms with Crippen LogP contribution in [0.1, 0.15) is 38.3 Å². The number of nitrogens with one attached hydrogen (secondary N) is 1. The van der Waals surface area contributed by atoms with Gasteiger partial charge in [0.05, 0.1) is 11.5 Å². The minimum atomic E-state index is -3.69. The highest BCUT2D eigenvalue weighted by Gasteiger charge is 2.11. The summed E-state index contributed by atoms with van der Waals surface area (Å²) >= 11 is 0. The second-order valence-corrected chi connectivity index (χ2v) is 6.26. The summed E-state index contributed by atoms with van der Waals surface area (Å²) in [6.07, 6.45) is 1.03. The summed E-state index contributed by atoms with van der Waals surface area (Å²) in [5.74, 6) is -0.205. The van der Waals surface area contributed by atoms with Gasteiger partial charge in [0.2, 0.25) is 10.0 Å². The summed E-state index contributed by atoms with van der Waals surface area (Å²) in [6.45, 7) is 4.73. The SMILES string of the molecule is CCOC(=O)CCCNC(C)c1cccc(S(N)(=O)=O)c1. The Hall–Kier alpha value is -1.44. The highest BCUT2D eigenvalue weighted by Crippen LogP contribution is 2.16. The van der Waals surface area contributed by atoms with Crippen molar-refractivity contribution in [1.82, 2.24) is 5.32 Å². The van der Waals surface area contributed by atoms with E-state index in [1.807, 2.05) is 13.0 Å². The maximum atomic E-state index is 11.3. The van der Waals surface area contributed by atoms with Gasteiger partial charge in [-0.15, -0.1) is 0 Å². The smallest absolute Gasteiger partial charge is 0.305 e. The van der Waals surface area contributed by atoms with Crippen LogP contribution in [0.5, 0.6) is 0 Å². The molecule has 0 aliphatic rings. The van der Waals surface area contributed by atoms with Crippen LogP contribution in [0.25, 0.3) is 0 Å². The molecule has 1 aromatic carbocycles. The maximum absolute atomic E-state index is 11.3. The molecule has 0 heterocycles. The van der Waals surface area contributed by atoms with E-state index >= 15 is 0 Å². The van der Waals surface area contributed by atoms with Crippen molar-refractivity contribution in [2.24, 2.45) is 5.14 Å². The lowest BCUT2D eigenvalue weighted by atomic mass is 10.1. The second kappa shape index (κ2) is 8.11. The number of rotatable bonds is 8. The van der Waals surface area contributed by atoms with Crippen LogP contribution >= 0.6 is 0 Å². The summed E-state index contributed by atoms with van der Waals surface area (Å²) in [5, 5.41) is 8.34. The molecule has 0 bridgehead atoms. The van der Waals surface area contributed by atoms with Crippen LogP contribution in [0, 0.1) is 0 Å². The average molecular weight is 314 g/mol. The fourth-order valence-electron chi connectivity index (χ4n) is 1.86. The first-order valence-electron chi connectivity index (χ1n) is 6.86. The molecule has 21 heavy (non-hydrogen) atoms. The Kier molecular flexibility index (Phi) is 6.80. The Morgan fingerprint density at radius 2 is 2.14 bits per heavy atom. The van der Waals surface area contributed by atoms with Crippen LogP contribution in [0.2, 0.25) is 0 Å². The van der Waals surface area contributed by atoms with Crippen molar-refractivity contribution in [3.63, 3.8) is 0 Å². The molecule has 1 unspecified atom stereocenters. The van der Waals surface area contributed by atoms with E-state index in [1.165, 1.54) is 6.07 Å². The number of esters is 1. The van der Waals surface area contributed by atoms with E-state index in [-0.39, 0.29) is 16.9 Å². The Labute approximate surface area is 125 Å². The summed E-state index contributed by atoms with van der Waals surface area (Å²) in [4.78, 5) is 11.3. The average Bonchev–Trinajstić information content (AvgIpc) is 2.43. The molecule has 0 fully saturated rings. The summed E-state index contributed by atoms with van der Waals surface area (Å²) in [7, 11) is -3.69. The molecule has 0 saturated heterocycles. The van der Waals surface area contributed by atoms with Crippen LogP contribution in [0.3, 0.4) is 0 Å². The van der Waals surface area contributed by atoms with E-state index in [2.05, 4.69) is 5.32 Å². The molecule has 7 heteroatoms. The molecule has 1 aromatic rings. The minimum absolute atomic E-state index is 0.0334. The van der Waals surface area contributed by atoms with Crippen LogP contribution in [0.4, 0.5) is 0 Å². The van der Waals surface area contributed by atoms with Crippen molar-refractivity contribution in [3.8, 4) is 0 Å². The summed E-state index contributed by atoms with van der Waals surface area (Å²) in [5.41, 5.74) is 0.831. The van der Waals surface area contributed by atoms with Gasteiger partial charge in [-0.1, -0.05) is 12.1 Å². The normalized spacial score (nSPS) is 12.9. The zero-order chi connectivity index (χ0) is 15.9. The predicted molar refractivity (Wildman–Crippen MR) is 80.1 cm³/mol. The van der Waals surface area contributed by atoms with Crippen molar-refractivity contribution < 1.29 is 17.9 Å². The van der Waals surface area contributed by atoms with Crippen molar-refractivity contribution in [2.45, 2.75) is 37.6 Å². The van der Waals surface area contributed by atoms with E-state index in [0.717, 1.165) is 5.56 Å². The first kappa shape index (κ1) is 17.6. The van der Waals surface area contributed by atoms with Crippen molar-refractivity contribution >= 4 is 16.0 Å². The van der Waals surface area contributed by atoms with Gasteiger partial charge in [0, 0.05) is 12.5 Å². The van der Waals surface area contributed by atoms with E-state index < -0.39 is 10.0 Å². The molecular formula is C14H22N2O4S. The molecule has 3 N–H and O–H groups in total. The molecule has 0 amide bonds. The van der Waals surface area contributed by atoms with Crippen LogP contribution < -0.4 is 10.5 Å². The number of hydrogen-bond acceptors (Lipinski definition) is 5. The van der Waals surface area contributed by atoms with Crippen molar-refractivity contribution in [3.05, 3.63) is 29.8 Å². The largest absolute Gasteiger partial charge is 0.466 e. The molecule has 118 valence electrons. The quantitative estimate of drug-likeness (QED) is 0.557. The molecule has 1 atom stereocenters. The van der Waals surface area contributed by atoms with Gasteiger partial charge < -0.3 is 10.1 Å². The standard InChI is InChI=1S/C14H22N2O4S/c1-3-20-14(17)8-5-9-16-11(2)12-6-4-7-13(10-12)21(15,18)19/h4,6-7,10-11,16H,3,5,8-9H2,1-2H3,(H2,15,18,19). The Morgan fingerprint density at radius 1 is 1.43 bits per heavy atom. The van der Waals surface area contributed by atoms with Gasteiger partial charge in [-0.2, -0.15) is 0 Å². The summed E-state index contributed by atoms with van der Waals surface area (Å²) < 4.78 is 27.5. The van der Waals surface area contributed by atoms with Gasteiger partial charge >= 0.3 is 5.97 Å². The zero-order valence-corrected chi connectivity index (χ0v) is 13.2. The molecule has 1 rings (SSSR count). The highest BCUT2D eigenvalue weighted by atomic mass is 32.2. The Morgan fingerprint density at radius 3 is 2.76 bits per heavy atom. The molecular weight excluding hydrogens is 292 g/mol. The lowest BCUT2D eigenvalue weighted by molar-refractivity contribution is -0.143. The van der Waals surface area contributed by atoms with Crippen LogP contribution in [-0.4, -0.2) is 27.5 Å². The van der Waals surface area contributed by atoms with E-state index in [4.69, 9.17) is 9.88 Å². The zero-order valence-electron chi connectivity index (χ0n) is 12.3. The number of ether oxygens (including phenoxy) is 1. The molecule has 0 aliphatic carbocycles. The number of carbonyl (C=O) groups excluding carboxylic acids is 1. The Balaban J connectivity index is 2.49. The van der Waals surface area contributed by atoms with E-state index in [1.54, 1.807) is 19.1 Å². The number of hydrogen-bond donors (Lipinski definition) is 2. The third-order valence-corrected chi connectivity index (χ3v) is 3.91. The highest BCUT2D eigenvalue weighted by molar-refractivity contribution is 7.89. The van der Waals surface area contributed by atoms with Crippen molar-refractivity contribution in [1.29, 1.82) is 0 Å². The number of benzene rings is 1. The molecule has 6 nitrogen and oxygen atoms in total. The molecule has 0 aromatic heterocycles. The molecule has 0 radical (unpaired) electrons. The fourth-order valence-corrected chi connectivity index (χ4v) is 2.43. The van der Waals surface area contributed by atoms with Crippen molar-refractivity contribution in [2.75, 3.05) is 13.2 Å². The first-order chi connectivity index (χ1) is 9.84. The van der Waals surface area contributed by atoms with Gasteiger partial charge in [0.1, 0.15) is 0 Å². The lowest BCUT2D eigenvalue weighted by Crippen LogP contribution is -2.21. The fraction of sp³-hybridized carbons (Fsp3) is 0.500. The second-order valence-electron chi connectivity index (χ2n) is 4.70. The van der Waals surface area contributed by atoms with Gasteiger partial charge in [-0.05, 0) is 44.5 Å². The first-order valence-corrected chi connectivity index (χ1v) is 8.41. The number of carbonyl (C=O) groups is 1. The lowest BCUT2D eigenvalue weighted by Gasteiger charge is -2.14. The third-order valence-electron chi connectivity index (χ3n) is 3.00. The van der Waals surface area contributed by atoms with Gasteiger partial charge in [0.15, 0.2) is 0 Å². The molecule has 0 spiro atoms. The van der Waals surface area contributed by atoms with E-state index in [0.29, 0.717) is 26.0 Å². The molecule has 0 saturated carbocycles. The van der Waals surface area contributed by atoms with Gasteiger partial charge in [0.25, 0.3) is 0 Å². The maximum Gasteiger partial charge on any atom is 0.305 e. The van der Waals surface area contributed by atoms with E-state index in [9.17, 15) is 13.2 Å². The van der Waals surface area contributed by atoms with Crippen LogP contribution in [0.15, 0.2) is 29.2 Å². The molecule has 0 aliphatic heterocycles. The topological polar surface area (TPSA) is 98.5 Å². The summed E-state index contributed by atoms with van der Waals surface area (Å²) in [6, 6.07) is 6.47. The third kappa shape index (κ3) is 6.24. The number of primary sulfonamides is 1. The van der Waals surface area contributed by atoms with Gasteiger partial charge in [-0.3, -0.25) is 4.79 Å². The Bertz CT molecular complexity index is 572. The monoisotopic (exact) mass is 314 g/mol. The minimum Gasteiger partial charge on any atom is -0.466 e. The number of nitrogens with two attached hydrogens (primary N) is 1. The predicted octanol–water partition coefficient (Wildman–Crippen LogP) is 1.33. The van der Waals surface area contributed by atoms with Gasteiger partial charge in [-0.25, -0.2) is 13.6 Å². The number of sulfonamides is 1.